The Balaban J connectivity index is 2.07. The molecule has 0 bridgehead atoms. The second-order valence-electron chi connectivity index (χ2n) is 4.52. The van der Waals surface area contributed by atoms with Crippen LogP contribution in [-0.4, -0.2) is 29.0 Å². The van der Waals surface area contributed by atoms with Gasteiger partial charge in [-0.15, -0.1) is 0 Å². The Morgan fingerprint density at radius 3 is 3.06 bits per heavy atom. The predicted molar refractivity (Wildman–Crippen MR) is 71.5 cm³/mol. The van der Waals surface area contributed by atoms with Gasteiger partial charge in [-0.25, -0.2) is 4.39 Å². The molecule has 4 heteroatoms. The van der Waals surface area contributed by atoms with E-state index < -0.39 is 0 Å². The lowest BCUT2D eigenvalue weighted by Crippen LogP contribution is -2.39. The summed E-state index contributed by atoms with van der Waals surface area (Å²) in [6, 6.07) is 5.88. The van der Waals surface area contributed by atoms with E-state index in [4.69, 9.17) is 5.73 Å². The summed E-state index contributed by atoms with van der Waals surface area (Å²) in [7, 11) is 0. The largest absolute Gasteiger partial charge is 0.326 e. The van der Waals surface area contributed by atoms with Crippen LogP contribution >= 0.6 is 11.8 Å². The number of rotatable bonds is 3. The Morgan fingerprint density at radius 1 is 1.53 bits per heavy atom. The zero-order valence-electron chi connectivity index (χ0n) is 10.2. The van der Waals surface area contributed by atoms with Crippen LogP contribution in [0.2, 0.25) is 0 Å². The highest BCUT2D eigenvalue weighted by Crippen LogP contribution is 2.19. The average molecular weight is 254 g/mol. The summed E-state index contributed by atoms with van der Waals surface area (Å²) in [6.07, 6.45) is 0. The van der Waals surface area contributed by atoms with Gasteiger partial charge in [0.25, 0.3) is 0 Å². The van der Waals surface area contributed by atoms with Crippen LogP contribution in [0.25, 0.3) is 0 Å². The number of hydrogen-bond acceptors (Lipinski definition) is 3. The van der Waals surface area contributed by atoms with Crippen LogP contribution in [-0.2, 0) is 13.1 Å². The van der Waals surface area contributed by atoms with E-state index in [1.54, 1.807) is 0 Å². The molecule has 1 saturated heterocycles. The number of benzene rings is 1. The summed E-state index contributed by atoms with van der Waals surface area (Å²) < 4.78 is 13.3. The molecule has 1 heterocycles. The second kappa shape index (κ2) is 5.85. The minimum atomic E-state index is -0.196. The molecule has 0 aromatic heterocycles. The number of thioether (sulfide) groups is 1. The molecule has 1 unspecified atom stereocenters. The molecule has 1 aliphatic rings. The van der Waals surface area contributed by atoms with Gasteiger partial charge in [-0.3, -0.25) is 4.90 Å². The summed E-state index contributed by atoms with van der Waals surface area (Å²) in [4.78, 5) is 2.45. The molecule has 0 spiro atoms. The summed E-state index contributed by atoms with van der Waals surface area (Å²) in [6.45, 7) is 4.53. The van der Waals surface area contributed by atoms with Crippen LogP contribution in [0.5, 0.6) is 0 Å². The van der Waals surface area contributed by atoms with Gasteiger partial charge in [-0.2, -0.15) is 11.8 Å². The maximum Gasteiger partial charge on any atom is 0.127 e. The number of halogens is 1. The maximum atomic E-state index is 13.3. The predicted octanol–water partition coefficient (Wildman–Crippen LogP) is 2.22. The van der Waals surface area contributed by atoms with Gasteiger partial charge in [0.05, 0.1) is 0 Å². The molecular weight excluding hydrogens is 235 g/mol. The molecular formula is C13H19FN2S. The standard InChI is InChI=1S/C13H19FN2S/c1-10-9-17-5-4-16(10)8-11-2-3-13(14)12(6-11)7-15/h2-3,6,10H,4-5,7-9,15H2,1H3. The van der Waals surface area contributed by atoms with Crippen LogP contribution in [0.3, 0.4) is 0 Å². The highest BCUT2D eigenvalue weighted by molar-refractivity contribution is 7.99. The molecule has 2 rings (SSSR count). The average Bonchev–Trinajstić information content (AvgIpc) is 2.34. The first-order chi connectivity index (χ1) is 8.20. The van der Waals surface area contributed by atoms with Crippen molar-refractivity contribution >= 4 is 11.8 Å². The minimum absolute atomic E-state index is 0.196. The zero-order chi connectivity index (χ0) is 12.3. The highest BCUT2D eigenvalue weighted by Gasteiger charge is 2.18. The van der Waals surface area contributed by atoms with Gasteiger partial charge >= 0.3 is 0 Å². The van der Waals surface area contributed by atoms with Gasteiger partial charge in [0.1, 0.15) is 5.82 Å². The first-order valence-electron chi connectivity index (χ1n) is 6.00. The molecule has 1 fully saturated rings. The van der Waals surface area contributed by atoms with E-state index in [2.05, 4.69) is 11.8 Å². The third kappa shape index (κ3) is 3.21. The fourth-order valence-corrected chi connectivity index (χ4v) is 3.20. The van der Waals surface area contributed by atoms with Crippen LogP contribution in [0.15, 0.2) is 18.2 Å². The van der Waals surface area contributed by atoms with Crippen molar-refractivity contribution in [2.75, 3.05) is 18.1 Å². The Labute approximate surface area is 106 Å². The van der Waals surface area contributed by atoms with Crippen molar-refractivity contribution in [3.05, 3.63) is 35.1 Å². The van der Waals surface area contributed by atoms with Crippen molar-refractivity contribution in [2.45, 2.75) is 26.1 Å². The van der Waals surface area contributed by atoms with Crippen LogP contribution in [0.4, 0.5) is 4.39 Å². The van der Waals surface area contributed by atoms with Crippen LogP contribution < -0.4 is 5.73 Å². The van der Waals surface area contributed by atoms with E-state index in [0.29, 0.717) is 11.6 Å². The second-order valence-corrected chi connectivity index (χ2v) is 5.67. The lowest BCUT2D eigenvalue weighted by Gasteiger charge is -2.33. The first kappa shape index (κ1) is 12.9. The summed E-state index contributed by atoms with van der Waals surface area (Å²) in [5.74, 6) is 2.18. The van der Waals surface area contributed by atoms with E-state index >= 15 is 0 Å². The monoisotopic (exact) mass is 254 g/mol. The zero-order valence-corrected chi connectivity index (χ0v) is 11.0. The fraction of sp³-hybridized carbons (Fsp3) is 0.538. The third-order valence-corrected chi connectivity index (χ3v) is 4.41. The van der Waals surface area contributed by atoms with Gasteiger partial charge < -0.3 is 5.73 Å². The summed E-state index contributed by atoms with van der Waals surface area (Å²) in [5.41, 5.74) is 7.29. The Hall–Kier alpha value is -0.580. The molecule has 17 heavy (non-hydrogen) atoms. The minimum Gasteiger partial charge on any atom is -0.326 e. The fourth-order valence-electron chi connectivity index (χ4n) is 2.11. The van der Waals surface area contributed by atoms with E-state index in [1.165, 1.54) is 17.6 Å². The van der Waals surface area contributed by atoms with Crippen LogP contribution in [0.1, 0.15) is 18.1 Å². The van der Waals surface area contributed by atoms with E-state index in [1.807, 2.05) is 23.9 Å². The molecule has 1 atom stereocenters. The number of hydrogen-bond donors (Lipinski definition) is 1. The molecule has 2 N–H and O–H groups in total. The Kier molecular flexibility index (Phi) is 4.42. The topological polar surface area (TPSA) is 29.3 Å². The molecule has 1 aliphatic heterocycles. The van der Waals surface area contributed by atoms with Gasteiger partial charge in [-0.1, -0.05) is 12.1 Å². The Morgan fingerprint density at radius 2 is 2.35 bits per heavy atom. The van der Waals surface area contributed by atoms with Gasteiger partial charge in [0, 0.05) is 42.7 Å². The quantitative estimate of drug-likeness (QED) is 0.897. The van der Waals surface area contributed by atoms with E-state index in [9.17, 15) is 4.39 Å². The molecule has 1 aromatic carbocycles. The highest BCUT2D eigenvalue weighted by atomic mass is 32.2. The molecule has 94 valence electrons. The SMILES string of the molecule is CC1CSCCN1Cc1ccc(F)c(CN)c1. The van der Waals surface area contributed by atoms with Crippen molar-refractivity contribution in [1.29, 1.82) is 0 Å². The maximum absolute atomic E-state index is 13.3. The third-order valence-electron chi connectivity index (χ3n) is 3.22. The molecule has 0 saturated carbocycles. The molecule has 2 nitrogen and oxygen atoms in total. The first-order valence-corrected chi connectivity index (χ1v) is 7.15. The van der Waals surface area contributed by atoms with Crippen molar-refractivity contribution in [3.8, 4) is 0 Å². The normalized spacial score (nSPS) is 21.7. The number of nitrogens with two attached hydrogens (primary N) is 1. The molecule has 0 aliphatic carbocycles. The smallest absolute Gasteiger partial charge is 0.127 e. The number of nitrogens with zero attached hydrogens (tertiary/aromatic N) is 1. The van der Waals surface area contributed by atoms with Crippen LogP contribution in [0, 0.1) is 5.82 Å². The Bertz CT molecular complexity index is 384. The van der Waals surface area contributed by atoms with Crippen molar-refractivity contribution in [3.63, 3.8) is 0 Å². The molecule has 0 amide bonds. The van der Waals surface area contributed by atoms with E-state index in [-0.39, 0.29) is 12.4 Å². The molecule has 0 radical (unpaired) electrons. The molecule has 1 aromatic rings. The lowest BCUT2D eigenvalue weighted by atomic mass is 10.1. The van der Waals surface area contributed by atoms with Crippen molar-refractivity contribution in [1.82, 2.24) is 4.90 Å². The van der Waals surface area contributed by atoms with Gasteiger partial charge in [0.2, 0.25) is 0 Å². The van der Waals surface area contributed by atoms with Crippen molar-refractivity contribution in [2.24, 2.45) is 5.73 Å². The summed E-state index contributed by atoms with van der Waals surface area (Å²) in [5, 5.41) is 0. The van der Waals surface area contributed by atoms with Gasteiger partial charge in [-0.05, 0) is 18.6 Å². The van der Waals surface area contributed by atoms with Gasteiger partial charge in [0.15, 0.2) is 0 Å². The lowest BCUT2D eigenvalue weighted by molar-refractivity contribution is 0.224. The summed E-state index contributed by atoms with van der Waals surface area (Å²) >= 11 is 2.01. The van der Waals surface area contributed by atoms with E-state index in [0.717, 1.165) is 18.7 Å². The van der Waals surface area contributed by atoms with Crippen molar-refractivity contribution < 1.29 is 4.39 Å².